The van der Waals surface area contributed by atoms with Crippen molar-refractivity contribution >= 4 is 32.9 Å². The zero-order valence-electron chi connectivity index (χ0n) is 38.0. The van der Waals surface area contributed by atoms with Crippen molar-refractivity contribution in [3.63, 3.8) is 0 Å². The quantitative estimate of drug-likeness (QED) is 0.0449. The summed E-state index contributed by atoms with van der Waals surface area (Å²) in [4.78, 5) is 0. The molecule has 0 radical (unpaired) electrons. The Hall–Kier alpha value is -1.37. The molecule has 2 aromatic carbocycles. The van der Waals surface area contributed by atoms with Crippen molar-refractivity contribution in [1.29, 1.82) is 0 Å². The molecule has 1 aliphatic heterocycles. The number of allylic oxidation sites excluding steroid dienone is 7. The standard InChI is InChI=1S/C52H81N2P.2ClH.Ru/c1-9-11-13-15-21-25-34-55(35-26-22-16-14-12-10-2)36-27-23-19-17-18-20-24-30-52(49-45(7)39-42(4)40-46(49)8)31-28-29-47(50(52)51-53-32-33-54-51)48-43(5)37-41(3)38-44(48)6;;;/h24,28-31,37-40,53-54H,9-23,25-27,32-36H2,1-8H3;2*1H;/q;;;+2/p-2. The molecule has 1 aliphatic carbocycles. The van der Waals surface area contributed by atoms with Crippen LogP contribution in [-0.2, 0) is 20.6 Å². The molecular formula is C52H81Cl2N2PRu. The van der Waals surface area contributed by atoms with E-state index in [2.05, 4.69) is 121 Å². The van der Waals surface area contributed by atoms with Gasteiger partial charge in [-0.1, -0.05) is 163 Å². The van der Waals surface area contributed by atoms with Crippen LogP contribution in [0.15, 0.2) is 66.0 Å². The van der Waals surface area contributed by atoms with Crippen molar-refractivity contribution in [3.8, 4) is 0 Å². The Balaban J connectivity index is 0.00000291. The van der Waals surface area contributed by atoms with E-state index in [0.29, 0.717) is 0 Å². The van der Waals surface area contributed by atoms with Gasteiger partial charge in [0.05, 0.1) is 5.41 Å². The van der Waals surface area contributed by atoms with Crippen molar-refractivity contribution in [2.75, 3.05) is 31.6 Å². The molecule has 2 N–H and O–H groups in total. The molecule has 326 valence electrons. The number of benzene rings is 2. The molecule has 1 fully saturated rings. The number of halogens is 2. The second-order valence-electron chi connectivity index (χ2n) is 17.3. The van der Waals surface area contributed by atoms with Crippen LogP contribution in [0.25, 0.3) is 5.57 Å². The van der Waals surface area contributed by atoms with Crippen LogP contribution >= 0.6 is 27.3 Å². The first kappa shape index (κ1) is 51.0. The predicted molar refractivity (Wildman–Crippen MR) is 260 cm³/mol. The maximum atomic E-state index is 4.85. The fourth-order valence-corrected chi connectivity index (χ4v) is 12.4. The molecule has 0 saturated carbocycles. The van der Waals surface area contributed by atoms with Crippen molar-refractivity contribution < 1.29 is 15.1 Å². The van der Waals surface area contributed by atoms with Crippen LogP contribution in [0.3, 0.4) is 0 Å². The van der Waals surface area contributed by atoms with Crippen LogP contribution in [0, 0.1) is 41.5 Å². The van der Waals surface area contributed by atoms with E-state index in [-0.39, 0.29) is 28.5 Å². The molecule has 58 heavy (non-hydrogen) atoms. The molecule has 1 atom stereocenters. The average molecular weight is 937 g/mol. The summed E-state index contributed by atoms with van der Waals surface area (Å²) < 4.78 is 0. The van der Waals surface area contributed by atoms with Gasteiger partial charge in [0, 0.05) is 18.7 Å². The van der Waals surface area contributed by atoms with E-state index < -0.39 is 0 Å². The molecule has 0 spiro atoms. The average Bonchev–Trinajstić information content (AvgIpc) is 3.71. The minimum atomic E-state index is -0.363. The fourth-order valence-electron chi connectivity index (χ4n) is 9.68. The van der Waals surface area contributed by atoms with Crippen LogP contribution in [0.4, 0.5) is 0 Å². The first-order valence-corrected chi connectivity index (χ1v) is 29.5. The summed E-state index contributed by atoms with van der Waals surface area (Å²) in [6, 6.07) is 9.48. The molecule has 1 unspecified atom stereocenters. The van der Waals surface area contributed by atoms with Gasteiger partial charge in [-0.3, -0.25) is 0 Å². The Bertz CT molecular complexity index is 1560. The van der Waals surface area contributed by atoms with Gasteiger partial charge in [-0.25, -0.2) is 0 Å². The van der Waals surface area contributed by atoms with Gasteiger partial charge in [-0.15, -0.1) is 7.92 Å². The molecule has 0 aromatic heterocycles. The fraction of sp³-hybridized carbons (Fsp3) is 0.615. The first-order chi connectivity index (χ1) is 28.1. The summed E-state index contributed by atoms with van der Waals surface area (Å²) in [5, 5.41) is 7.59. The molecule has 2 nitrogen and oxygen atoms in total. The van der Waals surface area contributed by atoms with Crippen LogP contribution in [0.2, 0.25) is 0 Å². The summed E-state index contributed by atoms with van der Waals surface area (Å²) in [5.74, 6) is 1.19. The van der Waals surface area contributed by atoms with Gasteiger partial charge < -0.3 is 10.6 Å². The van der Waals surface area contributed by atoms with E-state index in [1.807, 2.05) is 0 Å². The zero-order valence-corrected chi connectivity index (χ0v) is 42.2. The Morgan fingerprint density at radius 2 is 1.05 bits per heavy atom. The van der Waals surface area contributed by atoms with Crippen LogP contribution in [0.5, 0.6) is 0 Å². The normalized spacial score (nSPS) is 16.6. The predicted octanol–water partition coefficient (Wildman–Crippen LogP) is 16.3. The van der Waals surface area contributed by atoms with Gasteiger partial charge in [0.2, 0.25) is 0 Å². The second kappa shape index (κ2) is 29.0. The number of nitrogens with one attached hydrogen (secondary N) is 2. The first-order valence-electron chi connectivity index (χ1n) is 23.2. The van der Waals surface area contributed by atoms with Crippen molar-refractivity contribution in [2.45, 2.75) is 176 Å². The van der Waals surface area contributed by atoms with E-state index in [4.69, 9.17) is 19.4 Å². The molecule has 2 aliphatic rings. The van der Waals surface area contributed by atoms with E-state index in [1.165, 1.54) is 177 Å². The van der Waals surface area contributed by atoms with Gasteiger partial charge >= 0.3 is 34.5 Å². The molecule has 6 heteroatoms. The zero-order chi connectivity index (χ0) is 42.2. The third-order valence-electron chi connectivity index (χ3n) is 12.2. The number of hydrogen-bond acceptors (Lipinski definition) is 2. The van der Waals surface area contributed by atoms with E-state index in [1.54, 1.807) is 12.3 Å². The van der Waals surface area contributed by atoms with Crippen LogP contribution in [0.1, 0.15) is 174 Å². The van der Waals surface area contributed by atoms with Gasteiger partial charge in [-0.05, 0) is 131 Å². The summed E-state index contributed by atoms with van der Waals surface area (Å²) >= 11 is -0.346. The van der Waals surface area contributed by atoms with Gasteiger partial charge in [-0.2, -0.15) is 0 Å². The Morgan fingerprint density at radius 3 is 1.53 bits per heavy atom. The summed E-state index contributed by atoms with van der Waals surface area (Å²) in [6.45, 7) is 20.2. The molecule has 4 rings (SSSR count). The van der Waals surface area contributed by atoms with E-state index in [0.717, 1.165) is 19.5 Å². The van der Waals surface area contributed by atoms with Gasteiger partial charge in [0.25, 0.3) is 0 Å². The third kappa shape index (κ3) is 16.5. The van der Waals surface area contributed by atoms with Crippen molar-refractivity contribution in [3.05, 3.63) is 111 Å². The Labute approximate surface area is 374 Å². The second-order valence-corrected chi connectivity index (χ2v) is 22.7. The number of aryl methyl sites for hydroxylation is 6. The molecule has 0 bridgehead atoms. The van der Waals surface area contributed by atoms with E-state index in [9.17, 15) is 0 Å². The molecule has 2 aromatic rings. The molecule has 0 amide bonds. The number of hydrogen-bond donors (Lipinski definition) is 2. The number of rotatable bonds is 25. The monoisotopic (exact) mass is 936 g/mol. The molecular weight excluding hydrogens is 856 g/mol. The molecule has 1 saturated heterocycles. The number of unbranched alkanes of at least 4 members (excludes halogenated alkanes) is 15. The topological polar surface area (TPSA) is 24.1 Å². The SMILES string of the molecule is CCCCCCCCP(CCCCCCCC)CCCCCCCC=CC1(c2c(C)cc(C)cc2C)C=CC=C(c2c(C)cc(C)cc2C)C1=C1NCCN1.[Cl][Ru][Cl]. The Morgan fingerprint density at radius 1 is 0.621 bits per heavy atom. The van der Waals surface area contributed by atoms with E-state index >= 15 is 0 Å². The van der Waals surface area contributed by atoms with Gasteiger partial charge in [0.15, 0.2) is 0 Å². The minimum absolute atomic E-state index is 0.245. The van der Waals surface area contributed by atoms with Gasteiger partial charge in [0.1, 0.15) is 5.82 Å². The van der Waals surface area contributed by atoms with Crippen molar-refractivity contribution in [1.82, 2.24) is 10.6 Å². The summed E-state index contributed by atoms with van der Waals surface area (Å²) in [6.07, 6.45) is 42.2. The maximum absolute atomic E-state index is 4.85. The summed E-state index contributed by atoms with van der Waals surface area (Å²) in [5.41, 5.74) is 13.2. The Kier molecular flexibility index (Phi) is 25.5. The third-order valence-corrected chi connectivity index (χ3v) is 15.0. The van der Waals surface area contributed by atoms with Crippen LogP contribution in [-0.4, -0.2) is 31.6 Å². The summed E-state index contributed by atoms with van der Waals surface area (Å²) in [7, 11) is 9.95. The molecule has 1 heterocycles. The van der Waals surface area contributed by atoms with Crippen molar-refractivity contribution in [2.24, 2.45) is 0 Å². The van der Waals surface area contributed by atoms with Crippen LogP contribution < -0.4 is 10.6 Å².